The van der Waals surface area contributed by atoms with E-state index in [2.05, 4.69) is 5.32 Å². The second-order valence-electron chi connectivity index (χ2n) is 5.55. The molecule has 6 heteroatoms. The average molecular weight is 313 g/mol. The summed E-state index contributed by atoms with van der Waals surface area (Å²) in [7, 11) is 0. The molecule has 0 aromatic carbocycles. The molecule has 1 N–H and O–H groups in total. The van der Waals surface area contributed by atoms with Gasteiger partial charge in [-0.2, -0.15) is 0 Å². The van der Waals surface area contributed by atoms with Crippen LogP contribution in [0.15, 0.2) is 12.1 Å². The molecule has 108 valence electrons. The van der Waals surface area contributed by atoms with Gasteiger partial charge in [-0.15, -0.1) is 11.3 Å². The van der Waals surface area contributed by atoms with Crippen LogP contribution in [0.4, 0.5) is 0 Å². The summed E-state index contributed by atoms with van der Waals surface area (Å²) in [4.78, 5) is 27.0. The van der Waals surface area contributed by atoms with Crippen molar-refractivity contribution in [2.75, 3.05) is 6.54 Å². The zero-order valence-corrected chi connectivity index (χ0v) is 12.8. The summed E-state index contributed by atoms with van der Waals surface area (Å²) in [6.45, 7) is 2.52. The maximum atomic E-state index is 12.3. The molecule has 20 heavy (non-hydrogen) atoms. The monoisotopic (exact) mass is 312 g/mol. The van der Waals surface area contributed by atoms with Crippen LogP contribution in [0, 0.1) is 5.92 Å². The first-order valence-electron chi connectivity index (χ1n) is 6.89. The Morgan fingerprint density at radius 1 is 1.50 bits per heavy atom. The lowest BCUT2D eigenvalue weighted by Crippen LogP contribution is -2.34. The fourth-order valence-electron chi connectivity index (χ4n) is 2.61. The number of hydrogen-bond acceptors (Lipinski definition) is 3. The van der Waals surface area contributed by atoms with Crippen LogP contribution in [0.3, 0.4) is 0 Å². The van der Waals surface area contributed by atoms with Crippen molar-refractivity contribution in [2.45, 2.75) is 38.3 Å². The molecule has 3 rings (SSSR count). The number of carbonyl (C=O) groups is 2. The van der Waals surface area contributed by atoms with Gasteiger partial charge in [0.15, 0.2) is 0 Å². The van der Waals surface area contributed by atoms with Gasteiger partial charge in [-0.3, -0.25) is 9.59 Å². The second kappa shape index (κ2) is 5.37. The van der Waals surface area contributed by atoms with Crippen LogP contribution in [-0.4, -0.2) is 29.3 Å². The molecule has 0 unspecified atom stereocenters. The molecule has 2 atom stereocenters. The number of hydrogen-bond donors (Lipinski definition) is 1. The number of nitrogens with zero attached hydrogens (tertiary/aromatic N) is 1. The van der Waals surface area contributed by atoms with Crippen molar-refractivity contribution >= 4 is 34.8 Å². The molecule has 0 bridgehead atoms. The highest BCUT2D eigenvalue weighted by Crippen LogP contribution is 2.33. The van der Waals surface area contributed by atoms with E-state index in [9.17, 15) is 9.59 Å². The Labute approximate surface area is 127 Å². The van der Waals surface area contributed by atoms with Gasteiger partial charge in [-0.05, 0) is 31.9 Å². The highest BCUT2D eigenvalue weighted by Gasteiger charge is 2.41. The minimum atomic E-state index is -0.207. The Kier molecular flexibility index (Phi) is 3.73. The van der Waals surface area contributed by atoms with Gasteiger partial charge in [0, 0.05) is 23.9 Å². The van der Waals surface area contributed by atoms with Crippen molar-refractivity contribution in [1.29, 1.82) is 0 Å². The molecule has 1 aromatic rings. The number of halogens is 1. The number of nitrogens with one attached hydrogen (secondary N) is 1. The van der Waals surface area contributed by atoms with Gasteiger partial charge in [0.1, 0.15) is 0 Å². The van der Waals surface area contributed by atoms with E-state index in [1.165, 1.54) is 11.3 Å². The lowest BCUT2D eigenvalue weighted by Gasteiger charge is -2.17. The molecule has 1 aliphatic heterocycles. The quantitative estimate of drug-likeness (QED) is 0.929. The largest absolute Gasteiger partial charge is 0.348 e. The summed E-state index contributed by atoms with van der Waals surface area (Å²) in [5, 5.41) is 2.99. The fourth-order valence-corrected chi connectivity index (χ4v) is 3.67. The van der Waals surface area contributed by atoms with Gasteiger partial charge in [0.2, 0.25) is 11.8 Å². The zero-order valence-electron chi connectivity index (χ0n) is 11.3. The number of carbonyl (C=O) groups excluding carboxylic acids is 2. The van der Waals surface area contributed by atoms with E-state index in [4.69, 9.17) is 11.6 Å². The molecule has 0 spiro atoms. The fraction of sp³-hybridized carbons (Fsp3) is 0.571. The van der Waals surface area contributed by atoms with Crippen molar-refractivity contribution in [3.05, 3.63) is 21.3 Å². The van der Waals surface area contributed by atoms with Gasteiger partial charge in [-0.25, -0.2) is 0 Å². The van der Waals surface area contributed by atoms with Gasteiger partial charge in [-0.1, -0.05) is 11.6 Å². The summed E-state index contributed by atoms with van der Waals surface area (Å²) < 4.78 is 0.719. The van der Waals surface area contributed by atoms with Crippen LogP contribution in [0.25, 0.3) is 0 Å². The molecule has 0 radical (unpaired) electrons. The van der Waals surface area contributed by atoms with Crippen molar-refractivity contribution < 1.29 is 9.59 Å². The second-order valence-corrected chi connectivity index (χ2v) is 7.30. The summed E-state index contributed by atoms with van der Waals surface area (Å²) in [5.74, 6) is -0.112. The van der Waals surface area contributed by atoms with E-state index in [1.54, 1.807) is 0 Å². The van der Waals surface area contributed by atoms with E-state index < -0.39 is 0 Å². The first-order valence-corrected chi connectivity index (χ1v) is 8.09. The first kappa shape index (κ1) is 13.9. The van der Waals surface area contributed by atoms with Crippen LogP contribution in [-0.2, 0) is 9.59 Å². The third-order valence-corrected chi connectivity index (χ3v) is 5.31. The third-order valence-electron chi connectivity index (χ3n) is 3.90. The number of amides is 2. The van der Waals surface area contributed by atoms with E-state index in [0.717, 1.165) is 22.1 Å². The van der Waals surface area contributed by atoms with Gasteiger partial charge < -0.3 is 10.2 Å². The van der Waals surface area contributed by atoms with Crippen molar-refractivity contribution in [1.82, 2.24) is 10.2 Å². The SMILES string of the molecule is C[C@H](NC(=O)[C@@H]1CC(=O)N(C2CC2)C1)c1ccc(Cl)s1. The molecule has 1 aliphatic carbocycles. The molecule has 1 saturated heterocycles. The molecule has 1 aromatic heterocycles. The maximum Gasteiger partial charge on any atom is 0.225 e. The minimum absolute atomic E-state index is 0.0291. The first-order chi connectivity index (χ1) is 9.54. The van der Waals surface area contributed by atoms with Crippen molar-refractivity contribution in [3.63, 3.8) is 0 Å². The van der Waals surface area contributed by atoms with Crippen molar-refractivity contribution in [2.24, 2.45) is 5.92 Å². The summed E-state index contributed by atoms with van der Waals surface area (Å²) in [6, 6.07) is 4.09. The number of likely N-dealkylation sites (tertiary alicyclic amines) is 1. The smallest absolute Gasteiger partial charge is 0.225 e. The Hall–Kier alpha value is -1.07. The van der Waals surface area contributed by atoms with E-state index in [-0.39, 0.29) is 23.8 Å². The van der Waals surface area contributed by atoms with Gasteiger partial charge in [0.05, 0.1) is 16.3 Å². The summed E-state index contributed by atoms with van der Waals surface area (Å²) in [5.41, 5.74) is 0. The standard InChI is InChI=1S/C14H17ClN2O2S/c1-8(11-4-5-12(15)20-11)16-14(19)9-6-13(18)17(7-9)10-2-3-10/h4-5,8-10H,2-3,6-7H2,1H3,(H,16,19)/t8-,9+/m0/s1. The maximum absolute atomic E-state index is 12.3. The topological polar surface area (TPSA) is 49.4 Å². The van der Waals surface area contributed by atoms with E-state index >= 15 is 0 Å². The Morgan fingerprint density at radius 2 is 2.25 bits per heavy atom. The van der Waals surface area contributed by atoms with Crippen LogP contribution in [0.2, 0.25) is 4.34 Å². The highest BCUT2D eigenvalue weighted by molar-refractivity contribution is 7.16. The Morgan fingerprint density at radius 3 is 2.85 bits per heavy atom. The third kappa shape index (κ3) is 2.83. The normalized spacial score (nSPS) is 24.0. The molecule has 4 nitrogen and oxygen atoms in total. The van der Waals surface area contributed by atoms with Crippen LogP contribution < -0.4 is 5.32 Å². The predicted octanol–water partition coefficient (Wildman–Crippen LogP) is 2.59. The number of thiophene rings is 1. The van der Waals surface area contributed by atoms with E-state index in [1.807, 2.05) is 24.0 Å². The summed E-state index contributed by atoms with van der Waals surface area (Å²) >= 11 is 7.37. The van der Waals surface area contributed by atoms with Crippen LogP contribution >= 0.6 is 22.9 Å². The molecule has 1 saturated carbocycles. The van der Waals surface area contributed by atoms with Crippen molar-refractivity contribution in [3.8, 4) is 0 Å². The van der Waals surface area contributed by atoms with Gasteiger partial charge >= 0.3 is 0 Å². The average Bonchev–Trinajstić information content (AvgIpc) is 3.03. The minimum Gasteiger partial charge on any atom is -0.348 e. The molecular weight excluding hydrogens is 296 g/mol. The lowest BCUT2D eigenvalue weighted by atomic mass is 10.1. The Bertz CT molecular complexity index is 541. The van der Waals surface area contributed by atoms with E-state index in [0.29, 0.717) is 19.0 Å². The van der Waals surface area contributed by atoms with Crippen LogP contribution in [0.1, 0.15) is 37.1 Å². The predicted molar refractivity (Wildman–Crippen MR) is 78.7 cm³/mol. The van der Waals surface area contributed by atoms with Crippen LogP contribution in [0.5, 0.6) is 0 Å². The highest BCUT2D eigenvalue weighted by atomic mass is 35.5. The lowest BCUT2D eigenvalue weighted by molar-refractivity contribution is -0.129. The molecule has 2 amide bonds. The van der Waals surface area contributed by atoms with Gasteiger partial charge in [0.25, 0.3) is 0 Å². The molecule has 2 aliphatic rings. The molecular formula is C14H17ClN2O2S. The zero-order chi connectivity index (χ0) is 14.3. The summed E-state index contributed by atoms with van der Waals surface area (Å²) in [6.07, 6.45) is 2.52. The Balaban J connectivity index is 1.58. The number of rotatable bonds is 4. The molecule has 2 heterocycles. The molecule has 2 fully saturated rings.